The van der Waals surface area contributed by atoms with E-state index < -0.39 is 0 Å². The summed E-state index contributed by atoms with van der Waals surface area (Å²) in [6, 6.07) is 9.90. The van der Waals surface area contributed by atoms with Crippen molar-refractivity contribution in [2.24, 2.45) is 5.73 Å². The first kappa shape index (κ1) is 13.8. The van der Waals surface area contributed by atoms with E-state index in [1.807, 2.05) is 44.2 Å². The highest BCUT2D eigenvalue weighted by atomic mass is 32.1. The van der Waals surface area contributed by atoms with E-state index in [-0.39, 0.29) is 5.91 Å². The lowest BCUT2D eigenvalue weighted by Gasteiger charge is -2.04. The Labute approximate surface area is 117 Å². The minimum atomic E-state index is -0.0101. The Kier molecular flexibility index (Phi) is 4.35. The van der Waals surface area contributed by atoms with Crippen LogP contribution in [0.2, 0.25) is 0 Å². The molecular formula is C15H18N2OS. The van der Waals surface area contributed by atoms with Gasteiger partial charge in [-0.1, -0.05) is 24.3 Å². The molecule has 3 nitrogen and oxygen atoms in total. The number of carbonyl (C=O) groups excluding carboxylic acids is 1. The number of nitrogens with two attached hydrogens (primary N) is 1. The standard InChI is InChI=1S/C15H18N2OS/c1-10-7-14(19-11(10)2)15(18)17-9-13-5-3-12(8-16)4-6-13/h3-7H,8-9,16H2,1-2H3,(H,17,18). The first-order valence-electron chi connectivity index (χ1n) is 6.23. The van der Waals surface area contributed by atoms with Gasteiger partial charge in [-0.15, -0.1) is 11.3 Å². The number of hydrogen-bond acceptors (Lipinski definition) is 3. The number of hydrogen-bond donors (Lipinski definition) is 2. The molecule has 100 valence electrons. The summed E-state index contributed by atoms with van der Waals surface area (Å²) in [7, 11) is 0. The molecule has 4 heteroatoms. The van der Waals surface area contributed by atoms with Crippen molar-refractivity contribution >= 4 is 17.2 Å². The smallest absolute Gasteiger partial charge is 0.261 e. The van der Waals surface area contributed by atoms with Gasteiger partial charge in [0.2, 0.25) is 0 Å². The molecule has 1 aromatic heterocycles. The van der Waals surface area contributed by atoms with Crippen LogP contribution in [0, 0.1) is 13.8 Å². The van der Waals surface area contributed by atoms with Gasteiger partial charge in [-0.2, -0.15) is 0 Å². The Morgan fingerprint density at radius 2 is 1.84 bits per heavy atom. The monoisotopic (exact) mass is 274 g/mol. The number of rotatable bonds is 4. The average Bonchev–Trinajstić information content (AvgIpc) is 2.77. The summed E-state index contributed by atoms with van der Waals surface area (Å²) < 4.78 is 0. The summed E-state index contributed by atoms with van der Waals surface area (Å²) in [4.78, 5) is 13.9. The molecule has 0 aliphatic rings. The topological polar surface area (TPSA) is 55.1 Å². The van der Waals surface area contributed by atoms with E-state index >= 15 is 0 Å². The lowest BCUT2D eigenvalue weighted by atomic mass is 10.1. The minimum absolute atomic E-state index is 0.0101. The van der Waals surface area contributed by atoms with Crippen molar-refractivity contribution in [3.8, 4) is 0 Å². The molecule has 0 saturated heterocycles. The van der Waals surface area contributed by atoms with Crippen LogP contribution in [0.1, 0.15) is 31.2 Å². The minimum Gasteiger partial charge on any atom is -0.347 e. The second-order valence-corrected chi connectivity index (χ2v) is 5.81. The van der Waals surface area contributed by atoms with Crippen LogP contribution in [0.25, 0.3) is 0 Å². The van der Waals surface area contributed by atoms with Gasteiger partial charge in [0.05, 0.1) is 4.88 Å². The first-order chi connectivity index (χ1) is 9.10. The Morgan fingerprint density at radius 1 is 1.21 bits per heavy atom. The van der Waals surface area contributed by atoms with Gasteiger partial charge in [-0.3, -0.25) is 4.79 Å². The van der Waals surface area contributed by atoms with Crippen LogP contribution < -0.4 is 11.1 Å². The Morgan fingerprint density at radius 3 is 2.37 bits per heavy atom. The Balaban J connectivity index is 1.96. The van der Waals surface area contributed by atoms with E-state index in [0.29, 0.717) is 13.1 Å². The largest absolute Gasteiger partial charge is 0.347 e. The van der Waals surface area contributed by atoms with Gasteiger partial charge in [0.1, 0.15) is 0 Å². The Hall–Kier alpha value is -1.65. The van der Waals surface area contributed by atoms with Crippen molar-refractivity contribution in [2.45, 2.75) is 26.9 Å². The molecular weight excluding hydrogens is 256 g/mol. The zero-order valence-electron chi connectivity index (χ0n) is 11.2. The number of nitrogens with one attached hydrogen (secondary N) is 1. The van der Waals surface area contributed by atoms with E-state index in [2.05, 4.69) is 5.32 Å². The molecule has 1 heterocycles. The van der Waals surface area contributed by atoms with Crippen LogP contribution in [-0.2, 0) is 13.1 Å². The predicted octanol–water partition coefficient (Wildman–Crippen LogP) is 2.75. The van der Waals surface area contributed by atoms with E-state index in [9.17, 15) is 4.79 Å². The molecule has 0 spiro atoms. The van der Waals surface area contributed by atoms with Crippen molar-refractivity contribution in [1.29, 1.82) is 0 Å². The van der Waals surface area contributed by atoms with Gasteiger partial charge in [-0.25, -0.2) is 0 Å². The second-order valence-electron chi connectivity index (χ2n) is 4.55. The van der Waals surface area contributed by atoms with Crippen LogP contribution in [-0.4, -0.2) is 5.91 Å². The van der Waals surface area contributed by atoms with Gasteiger partial charge < -0.3 is 11.1 Å². The summed E-state index contributed by atoms with van der Waals surface area (Å²) in [5.74, 6) is -0.0101. The van der Waals surface area contributed by atoms with Gasteiger partial charge >= 0.3 is 0 Å². The third-order valence-electron chi connectivity index (χ3n) is 3.10. The molecule has 0 unspecified atom stereocenters. The summed E-state index contributed by atoms with van der Waals surface area (Å²) in [5.41, 5.74) is 8.89. The summed E-state index contributed by atoms with van der Waals surface area (Å²) >= 11 is 1.54. The van der Waals surface area contributed by atoms with Gasteiger partial charge in [0, 0.05) is 18.0 Å². The molecule has 19 heavy (non-hydrogen) atoms. The summed E-state index contributed by atoms with van der Waals surface area (Å²) in [6.45, 7) is 5.14. The second kappa shape index (κ2) is 5.99. The molecule has 3 N–H and O–H groups in total. The van der Waals surface area contributed by atoms with Crippen molar-refractivity contribution in [3.63, 3.8) is 0 Å². The quantitative estimate of drug-likeness (QED) is 0.900. The van der Waals surface area contributed by atoms with Crippen LogP contribution in [0.3, 0.4) is 0 Å². The molecule has 0 fully saturated rings. The van der Waals surface area contributed by atoms with Crippen molar-refractivity contribution < 1.29 is 4.79 Å². The molecule has 0 aliphatic heterocycles. The third kappa shape index (κ3) is 3.43. The number of benzene rings is 1. The van der Waals surface area contributed by atoms with Crippen molar-refractivity contribution in [1.82, 2.24) is 5.32 Å². The SMILES string of the molecule is Cc1cc(C(=O)NCc2ccc(CN)cc2)sc1C. The highest BCUT2D eigenvalue weighted by molar-refractivity contribution is 7.14. The maximum Gasteiger partial charge on any atom is 0.261 e. The molecule has 0 saturated carbocycles. The van der Waals surface area contributed by atoms with E-state index in [1.54, 1.807) is 0 Å². The van der Waals surface area contributed by atoms with Crippen LogP contribution >= 0.6 is 11.3 Å². The average molecular weight is 274 g/mol. The van der Waals surface area contributed by atoms with Crippen molar-refractivity contribution in [3.05, 3.63) is 56.8 Å². The molecule has 0 aliphatic carbocycles. The molecule has 0 atom stereocenters. The zero-order chi connectivity index (χ0) is 13.8. The molecule has 1 aromatic carbocycles. The van der Waals surface area contributed by atoms with Crippen LogP contribution in [0.15, 0.2) is 30.3 Å². The number of amides is 1. The Bertz CT molecular complexity index is 553. The predicted molar refractivity (Wildman–Crippen MR) is 79.3 cm³/mol. The molecule has 0 bridgehead atoms. The summed E-state index contributed by atoms with van der Waals surface area (Å²) in [5, 5.41) is 2.93. The molecule has 1 amide bonds. The lowest BCUT2D eigenvalue weighted by molar-refractivity contribution is 0.0955. The van der Waals surface area contributed by atoms with Crippen LogP contribution in [0.4, 0.5) is 0 Å². The van der Waals surface area contributed by atoms with Gasteiger partial charge in [-0.05, 0) is 36.6 Å². The first-order valence-corrected chi connectivity index (χ1v) is 7.05. The van der Waals surface area contributed by atoms with E-state index in [1.165, 1.54) is 21.8 Å². The maximum absolute atomic E-state index is 12.0. The van der Waals surface area contributed by atoms with Crippen molar-refractivity contribution in [2.75, 3.05) is 0 Å². The number of aryl methyl sites for hydroxylation is 2. The number of thiophene rings is 1. The molecule has 0 radical (unpaired) electrons. The summed E-state index contributed by atoms with van der Waals surface area (Å²) in [6.07, 6.45) is 0. The highest BCUT2D eigenvalue weighted by Crippen LogP contribution is 2.20. The van der Waals surface area contributed by atoms with E-state index in [4.69, 9.17) is 5.73 Å². The third-order valence-corrected chi connectivity index (χ3v) is 4.25. The van der Waals surface area contributed by atoms with Gasteiger partial charge in [0.25, 0.3) is 5.91 Å². The fourth-order valence-corrected chi connectivity index (χ4v) is 2.70. The zero-order valence-corrected chi connectivity index (χ0v) is 12.0. The number of carbonyl (C=O) groups is 1. The van der Waals surface area contributed by atoms with E-state index in [0.717, 1.165) is 16.0 Å². The lowest BCUT2D eigenvalue weighted by Crippen LogP contribution is -2.21. The van der Waals surface area contributed by atoms with Crippen LogP contribution in [0.5, 0.6) is 0 Å². The highest BCUT2D eigenvalue weighted by Gasteiger charge is 2.09. The van der Waals surface area contributed by atoms with Gasteiger partial charge in [0.15, 0.2) is 0 Å². The normalized spacial score (nSPS) is 10.5. The molecule has 2 aromatic rings. The fourth-order valence-electron chi connectivity index (χ4n) is 1.75. The maximum atomic E-state index is 12.0. The fraction of sp³-hybridized carbons (Fsp3) is 0.267. The molecule has 2 rings (SSSR count).